The van der Waals surface area contributed by atoms with Gasteiger partial charge in [0, 0.05) is 0 Å². The maximum absolute atomic E-state index is 8.81. The van der Waals surface area contributed by atoms with E-state index in [9.17, 15) is 0 Å². The lowest BCUT2D eigenvalue weighted by Crippen LogP contribution is -1.62. The van der Waals surface area contributed by atoms with Gasteiger partial charge in [0.1, 0.15) is 6.29 Å². The first kappa shape index (κ1) is 25.7. The van der Waals surface area contributed by atoms with Gasteiger partial charge in [0.25, 0.3) is 0 Å². The van der Waals surface area contributed by atoms with Crippen molar-refractivity contribution in [2.45, 2.75) is 68.2 Å². The molecular weight excluding hydrogens is 220 g/mol. The zero-order chi connectivity index (χ0) is 15.2. The van der Waals surface area contributed by atoms with Gasteiger partial charge in [-0.3, -0.25) is 0 Å². The molecule has 1 aromatic rings. The van der Waals surface area contributed by atoms with Crippen molar-refractivity contribution in [1.82, 2.24) is 0 Å². The van der Waals surface area contributed by atoms with Crippen LogP contribution in [0.1, 0.15) is 66.9 Å². The van der Waals surface area contributed by atoms with Crippen LogP contribution in [0, 0.1) is 6.92 Å². The maximum Gasteiger partial charge on any atom is 0.116 e. The van der Waals surface area contributed by atoms with Crippen LogP contribution >= 0.6 is 0 Å². The molecule has 0 aromatic heterocycles. The van der Waals surface area contributed by atoms with Crippen LogP contribution < -0.4 is 0 Å². The zero-order valence-corrected chi connectivity index (χ0v) is 13.8. The molecule has 0 radical (unpaired) electrons. The van der Waals surface area contributed by atoms with Crippen molar-refractivity contribution in [2.24, 2.45) is 0 Å². The number of unbranched alkanes of at least 4 members (excludes halogenated alkanes) is 1. The molecule has 108 valence electrons. The highest BCUT2D eigenvalue weighted by Gasteiger charge is 1.72. The van der Waals surface area contributed by atoms with E-state index in [-0.39, 0.29) is 0 Å². The summed E-state index contributed by atoms with van der Waals surface area (Å²) in [6.07, 6.45) is 3.39. The summed E-state index contributed by atoms with van der Waals surface area (Å²) in [6, 6.07) is 10.3. The van der Waals surface area contributed by atoms with Gasteiger partial charge in [0.15, 0.2) is 0 Å². The smallest absolute Gasteiger partial charge is 0.116 e. The second-order valence-electron chi connectivity index (χ2n) is 2.89. The van der Waals surface area contributed by atoms with Crippen LogP contribution in [0.4, 0.5) is 0 Å². The Bertz CT molecular complexity index is 190. The Hall–Kier alpha value is -1.11. The number of aldehydes is 1. The molecule has 0 aliphatic carbocycles. The molecule has 0 N–H and O–H groups in total. The molecule has 0 aliphatic heterocycles. The van der Waals surface area contributed by atoms with Gasteiger partial charge in [-0.2, -0.15) is 0 Å². The average Bonchev–Trinajstić information content (AvgIpc) is 2.45. The van der Waals surface area contributed by atoms with E-state index in [2.05, 4.69) is 32.9 Å². The van der Waals surface area contributed by atoms with Crippen LogP contribution in [0.2, 0.25) is 0 Å². The van der Waals surface area contributed by atoms with Gasteiger partial charge in [0.2, 0.25) is 0 Å². The van der Waals surface area contributed by atoms with E-state index in [1.54, 1.807) is 0 Å². The first-order chi connectivity index (χ1) is 8.72. The van der Waals surface area contributed by atoms with Crippen LogP contribution in [0.5, 0.6) is 0 Å². The second kappa shape index (κ2) is 36.0. The van der Waals surface area contributed by atoms with Crippen molar-refractivity contribution >= 4 is 6.29 Å². The minimum Gasteiger partial charge on any atom is -0.304 e. The van der Waals surface area contributed by atoms with E-state index in [1.807, 2.05) is 45.9 Å². The number of rotatable bonds is 1. The molecule has 0 atom stereocenters. The quantitative estimate of drug-likeness (QED) is 0.557. The van der Waals surface area contributed by atoms with E-state index in [0.717, 1.165) is 6.29 Å². The summed E-state index contributed by atoms with van der Waals surface area (Å²) in [5, 5.41) is 0. The largest absolute Gasteiger partial charge is 0.304 e. The summed E-state index contributed by atoms with van der Waals surface area (Å²) in [5.41, 5.74) is 1.32. The van der Waals surface area contributed by atoms with E-state index >= 15 is 0 Å². The zero-order valence-electron chi connectivity index (χ0n) is 13.8. The molecular formula is C17H34O. The number of benzene rings is 1. The molecule has 0 saturated heterocycles. The summed E-state index contributed by atoms with van der Waals surface area (Å²) in [5.74, 6) is 0. The molecule has 1 heteroatoms. The molecule has 1 rings (SSSR count). The van der Waals surface area contributed by atoms with Crippen LogP contribution in [-0.2, 0) is 4.79 Å². The molecule has 0 unspecified atom stereocenters. The van der Waals surface area contributed by atoms with Crippen molar-refractivity contribution in [3.05, 3.63) is 35.9 Å². The summed E-state index contributed by atoms with van der Waals surface area (Å²) < 4.78 is 0. The lowest BCUT2D eigenvalue weighted by molar-refractivity contribution is -0.106. The minimum atomic E-state index is 0.750. The topological polar surface area (TPSA) is 17.1 Å². The van der Waals surface area contributed by atoms with Crippen LogP contribution in [0.25, 0.3) is 0 Å². The Kier molecular flexibility index (Phi) is 51.4. The third-order valence-corrected chi connectivity index (χ3v) is 1.44. The van der Waals surface area contributed by atoms with Crippen LogP contribution in [-0.4, -0.2) is 6.29 Å². The number of aryl methyl sites for hydroxylation is 1. The fourth-order valence-electron chi connectivity index (χ4n) is 0.534. The Morgan fingerprint density at radius 1 is 0.889 bits per heavy atom. The standard InChI is InChI=1S/C7H8.C4H10.C2H4O.2C2H6/c1-7-5-3-2-4-6-7;1-3-4-2;1-2-3;2*1-2/h2-6H,1H3;3-4H2,1-2H3;2H,1H3;2*1-2H3. The number of hydrogen-bond acceptors (Lipinski definition) is 1. The van der Waals surface area contributed by atoms with Gasteiger partial charge >= 0.3 is 0 Å². The minimum absolute atomic E-state index is 0.750. The Labute approximate surface area is 116 Å². The highest BCUT2D eigenvalue weighted by atomic mass is 16.1. The average molecular weight is 254 g/mol. The van der Waals surface area contributed by atoms with E-state index in [1.165, 1.54) is 25.3 Å². The molecule has 0 fully saturated rings. The molecule has 1 aromatic carbocycles. The monoisotopic (exact) mass is 254 g/mol. The Morgan fingerprint density at radius 3 is 1.28 bits per heavy atom. The molecule has 0 saturated carbocycles. The predicted molar refractivity (Wildman–Crippen MR) is 86.2 cm³/mol. The normalized spacial score (nSPS) is 6.44. The van der Waals surface area contributed by atoms with Crippen molar-refractivity contribution < 1.29 is 4.79 Å². The fourth-order valence-corrected chi connectivity index (χ4v) is 0.534. The van der Waals surface area contributed by atoms with Crippen molar-refractivity contribution in [2.75, 3.05) is 0 Å². The van der Waals surface area contributed by atoms with E-state index in [4.69, 9.17) is 4.79 Å². The van der Waals surface area contributed by atoms with Gasteiger partial charge < -0.3 is 4.79 Å². The van der Waals surface area contributed by atoms with Crippen LogP contribution in [0.3, 0.4) is 0 Å². The Morgan fingerprint density at radius 2 is 1.17 bits per heavy atom. The Balaban J connectivity index is -0.0000000776. The van der Waals surface area contributed by atoms with Gasteiger partial charge in [-0.25, -0.2) is 0 Å². The SMILES string of the molecule is CC.CC.CC=O.CCCC.Cc1ccccc1. The summed E-state index contributed by atoms with van der Waals surface area (Å²) >= 11 is 0. The van der Waals surface area contributed by atoms with E-state index in [0.29, 0.717) is 0 Å². The molecule has 0 aliphatic rings. The van der Waals surface area contributed by atoms with Crippen molar-refractivity contribution in [3.8, 4) is 0 Å². The molecule has 0 bridgehead atoms. The predicted octanol–water partition coefficient (Wildman–Crippen LogP) is 6.06. The molecule has 0 spiro atoms. The highest BCUT2D eigenvalue weighted by molar-refractivity contribution is 5.44. The first-order valence-electron chi connectivity index (χ1n) is 7.14. The van der Waals surface area contributed by atoms with Gasteiger partial charge in [0.05, 0.1) is 0 Å². The van der Waals surface area contributed by atoms with Gasteiger partial charge in [-0.1, -0.05) is 90.3 Å². The second-order valence-corrected chi connectivity index (χ2v) is 2.89. The molecule has 0 heterocycles. The van der Waals surface area contributed by atoms with E-state index < -0.39 is 0 Å². The third-order valence-electron chi connectivity index (χ3n) is 1.44. The lowest BCUT2D eigenvalue weighted by atomic mass is 10.2. The first-order valence-corrected chi connectivity index (χ1v) is 7.14. The number of carbonyl (C=O) groups is 1. The molecule has 0 amide bonds. The maximum atomic E-state index is 8.81. The van der Waals surface area contributed by atoms with Crippen molar-refractivity contribution in [1.29, 1.82) is 0 Å². The number of carbonyl (C=O) groups excluding carboxylic acids is 1. The summed E-state index contributed by atoms with van der Waals surface area (Å²) in [6.45, 7) is 15.9. The van der Waals surface area contributed by atoms with Gasteiger partial charge in [-0.15, -0.1) is 0 Å². The lowest BCUT2D eigenvalue weighted by Gasteiger charge is -1.82. The van der Waals surface area contributed by atoms with Crippen LogP contribution in [0.15, 0.2) is 30.3 Å². The van der Waals surface area contributed by atoms with Crippen molar-refractivity contribution in [3.63, 3.8) is 0 Å². The third kappa shape index (κ3) is 46.1. The molecule has 1 nitrogen and oxygen atoms in total. The highest BCUT2D eigenvalue weighted by Crippen LogP contribution is 1.92. The fraction of sp³-hybridized carbons (Fsp3) is 0.588. The van der Waals surface area contributed by atoms with Gasteiger partial charge in [-0.05, 0) is 13.8 Å². The number of hydrogen-bond donors (Lipinski definition) is 0. The summed E-state index contributed by atoms with van der Waals surface area (Å²) in [7, 11) is 0. The molecule has 18 heavy (non-hydrogen) atoms. The summed E-state index contributed by atoms with van der Waals surface area (Å²) in [4.78, 5) is 8.81.